The van der Waals surface area contributed by atoms with Crippen LogP contribution in [0, 0.1) is 11.3 Å². The molecule has 0 aromatic carbocycles. The van der Waals surface area contributed by atoms with Crippen molar-refractivity contribution in [1.29, 1.82) is 5.26 Å². The number of hydrogen-bond donors (Lipinski definition) is 2. The quantitative estimate of drug-likeness (QED) is 0.849. The van der Waals surface area contributed by atoms with Gasteiger partial charge in [-0.15, -0.1) is 0 Å². The number of pyridine rings is 1. The summed E-state index contributed by atoms with van der Waals surface area (Å²) in [6.45, 7) is 0.108. The van der Waals surface area contributed by atoms with Crippen LogP contribution >= 0.6 is 0 Å². The number of rotatable bonds is 3. The van der Waals surface area contributed by atoms with Crippen LogP contribution in [0.3, 0.4) is 0 Å². The minimum Gasteiger partial charge on any atom is -0.394 e. The van der Waals surface area contributed by atoms with Crippen molar-refractivity contribution in [2.24, 2.45) is 0 Å². The van der Waals surface area contributed by atoms with E-state index in [1.165, 1.54) is 5.56 Å². The second-order valence-corrected chi connectivity index (χ2v) is 5.37. The molecular formula is C14H17N3O. The molecule has 0 atom stereocenters. The van der Waals surface area contributed by atoms with Crippen molar-refractivity contribution in [2.45, 2.75) is 44.1 Å². The fraction of sp³-hybridized carbons (Fsp3) is 0.571. The first-order valence-electron chi connectivity index (χ1n) is 6.58. The topological polar surface area (TPSA) is 68.9 Å². The Morgan fingerprint density at radius 1 is 1.39 bits per heavy atom. The predicted octanol–water partition coefficient (Wildman–Crippen LogP) is 1.77. The standard InChI is InChI=1S/C14H17N3O/c15-8-11-7-10-3-1-4-12(10)16-13(11)17-14(9-18)5-2-6-14/h7,18H,1-6,9H2,(H,16,17). The molecule has 1 aromatic heterocycles. The summed E-state index contributed by atoms with van der Waals surface area (Å²) in [4.78, 5) is 4.59. The van der Waals surface area contributed by atoms with E-state index in [1.54, 1.807) is 0 Å². The summed E-state index contributed by atoms with van der Waals surface area (Å²) >= 11 is 0. The number of aliphatic hydroxyl groups excluding tert-OH is 1. The lowest BCUT2D eigenvalue weighted by Gasteiger charge is -2.41. The van der Waals surface area contributed by atoms with Gasteiger partial charge in [0.25, 0.3) is 0 Å². The maximum absolute atomic E-state index is 9.48. The van der Waals surface area contributed by atoms with Crippen molar-refractivity contribution in [3.05, 3.63) is 22.9 Å². The van der Waals surface area contributed by atoms with Gasteiger partial charge in [0.2, 0.25) is 0 Å². The van der Waals surface area contributed by atoms with Crippen molar-refractivity contribution in [3.8, 4) is 6.07 Å². The third-order valence-corrected chi connectivity index (χ3v) is 4.17. The van der Waals surface area contributed by atoms with Crippen LogP contribution in [0.5, 0.6) is 0 Å². The molecule has 1 aromatic rings. The highest BCUT2D eigenvalue weighted by molar-refractivity contribution is 5.56. The molecule has 0 spiro atoms. The molecule has 4 nitrogen and oxygen atoms in total. The Morgan fingerprint density at radius 3 is 2.83 bits per heavy atom. The minimum atomic E-state index is -0.245. The van der Waals surface area contributed by atoms with Gasteiger partial charge in [-0.25, -0.2) is 4.98 Å². The molecule has 3 rings (SSSR count). The van der Waals surface area contributed by atoms with Gasteiger partial charge >= 0.3 is 0 Å². The Bertz CT molecular complexity index is 509. The van der Waals surface area contributed by atoms with Gasteiger partial charge in [-0.05, 0) is 50.2 Å². The Kier molecular flexibility index (Phi) is 2.71. The second-order valence-electron chi connectivity index (χ2n) is 5.37. The third kappa shape index (κ3) is 1.75. The number of nitrogens with one attached hydrogen (secondary N) is 1. The maximum Gasteiger partial charge on any atom is 0.144 e. The number of anilines is 1. The number of aryl methyl sites for hydroxylation is 2. The molecule has 1 saturated carbocycles. The minimum absolute atomic E-state index is 0.108. The van der Waals surface area contributed by atoms with Crippen LogP contribution in [0.25, 0.3) is 0 Å². The lowest BCUT2D eigenvalue weighted by Crippen LogP contribution is -2.48. The monoisotopic (exact) mass is 243 g/mol. The molecule has 0 radical (unpaired) electrons. The second kappa shape index (κ2) is 4.25. The molecular weight excluding hydrogens is 226 g/mol. The molecule has 0 saturated heterocycles. The summed E-state index contributed by atoms with van der Waals surface area (Å²) in [7, 11) is 0. The fourth-order valence-electron chi connectivity index (χ4n) is 2.83. The zero-order valence-corrected chi connectivity index (χ0v) is 10.4. The molecule has 0 amide bonds. The molecule has 2 aliphatic rings. The van der Waals surface area contributed by atoms with E-state index < -0.39 is 0 Å². The molecule has 0 unspecified atom stereocenters. The summed E-state index contributed by atoms with van der Waals surface area (Å²) < 4.78 is 0. The Labute approximate surface area is 107 Å². The van der Waals surface area contributed by atoms with E-state index in [2.05, 4.69) is 16.4 Å². The predicted molar refractivity (Wildman–Crippen MR) is 68.3 cm³/mol. The van der Waals surface area contributed by atoms with Gasteiger partial charge in [0.1, 0.15) is 11.9 Å². The average molecular weight is 243 g/mol. The number of nitrogens with zero attached hydrogens (tertiary/aromatic N) is 2. The number of fused-ring (bicyclic) bond motifs is 1. The first kappa shape index (κ1) is 11.5. The van der Waals surface area contributed by atoms with Crippen LogP contribution < -0.4 is 5.32 Å². The van der Waals surface area contributed by atoms with E-state index in [0.29, 0.717) is 11.4 Å². The van der Waals surface area contributed by atoms with Crippen molar-refractivity contribution in [3.63, 3.8) is 0 Å². The highest BCUT2D eigenvalue weighted by Gasteiger charge is 2.37. The summed E-state index contributed by atoms with van der Waals surface area (Å²) in [5.74, 6) is 0.659. The lowest BCUT2D eigenvalue weighted by atomic mass is 9.77. The summed E-state index contributed by atoms with van der Waals surface area (Å²) in [5.41, 5.74) is 2.69. The third-order valence-electron chi connectivity index (χ3n) is 4.17. The van der Waals surface area contributed by atoms with Gasteiger partial charge in [0.05, 0.1) is 17.7 Å². The highest BCUT2D eigenvalue weighted by Crippen LogP contribution is 2.36. The van der Waals surface area contributed by atoms with Gasteiger partial charge in [-0.2, -0.15) is 5.26 Å². The van der Waals surface area contributed by atoms with Crippen molar-refractivity contribution in [1.82, 2.24) is 4.98 Å². The van der Waals surface area contributed by atoms with Crippen molar-refractivity contribution in [2.75, 3.05) is 11.9 Å². The van der Waals surface area contributed by atoms with Crippen molar-refractivity contribution >= 4 is 5.82 Å². The van der Waals surface area contributed by atoms with Crippen LogP contribution in [0.4, 0.5) is 5.82 Å². The molecule has 18 heavy (non-hydrogen) atoms. The molecule has 1 heterocycles. The smallest absolute Gasteiger partial charge is 0.144 e. The van der Waals surface area contributed by atoms with Gasteiger partial charge in [-0.3, -0.25) is 0 Å². The molecule has 1 fully saturated rings. The van der Waals surface area contributed by atoms with Crippen LogP contribution in [0.2, 0.25) is 0 Å². The van der Waals surface area contributed by atoms with E-state index in [4.69, 9.17) is 0 Å². The SMILES string of the molecule is N#Cc1cc2c(nc1NC1(CO)CCC1)CCC2. The van der Waals surface area contributed by atoms with E-state index in [0.717, 1.165) is 44.2 Å². The molecule has 0 aliphatic heterocycles. The zero-order valence-electron chi connectivity index (χ0n) is 10.4. The zero-order chi connectivity index (χ0) is 12.6. The number of nitriles is 1. The average Bonchev–Trinajstić information content (AvgIpc) is 2.79. The Hall–Kier alpha value is -1.60. The first-order chi connectivity index (χ1) is 8.76. The lowest BCUT2D eigenvalue weighted by molar-refractivity contribution is 0.144. The Balaban J connectivity index is 1.94. The van der Waals surface area contributed by atoms with Gasteiger partial charge in [-0.1, -0.05) is 0 Å². The number of aromatic nitrogens is 1. The van der Waals surface area contributed by atoms with Gasteiger partial charge < -0.3 is 10.4 Å². The molecule has 2 N–H and O–H groups in total. The maximum atomic E-state index is 9.48. The number of hydrogen-bond acceptors (Lipinski definition) is 4. The molecule has 4 heteroatoms. The number of aliphatic hydroxyl groups is 1. The normalized spacial score (nSPS) is 19.8. The van der Waals surface area contributed by atoms with E-state index in [1.807, 2.05) is 6.07 Å². The Morgan fingerprint density at radius 2 is 2.22 bits per heavy atom. The van der Waals surface area contributed by atoms with Crippen LogP contribution in [0.1, 0.15) is 42.5 Å². The molecule has 0 bridgehead atoms. The highest BCUT2D eigenvalue weighted by atomic mass is 16.3. The van der Waals surface area contributed by atoms with Gasteiger partial charge in [0.15, 0.2) is 0 Å². The van der Waals surface area contributed by atoms with Crippen molar-refractivity contribution < 1.29 is 5.11 Å². The van der Waals surface area contributed by atoms with E-state index in [9.17, 15) is 10.4 Å². The summed E-state index contributed by atoms with van der Waals surface area (Å²) in [5, 5.41) is 22.0. The van der Waals surface area contributed by atoms with Crippen LogP contribution in [-0.4, -0.2) is 22.2 Å². The summed E-state index contributed by atoms with van der Waals surface area (Å²) in [6.07, 6.45) is 6.19. The van der Waals surface area contributed by atoms with Crippen LogP contribution in [-0.2, 0) is 12.8 Å². The summed E-state index contributed by atoms with van der Waals surface area (Å²) in [6, 6.07) is 4.17. The fourth-order valence-corrected chi connectivity index (χ4v) is 2.83. The largest absolute Gasteiger partial charge is 0.394 e. The first-order valence-corrected chi connectivity index (χ1v) is 6.58. The molecule has 2 aliphatic carbocycles. The molecule has 94 valence electrons. The van der Waals surface area contributed by atoms with Gasteiger partial charge in [0, 0.05) is 5.69 Å². The van der Waals surface area contributed by atoms with E-state index in [-0.39, 0.29) is 12.1 Å². The van der Waals surface area contributed by atoms with E-state index >= 15 is 0 Å². The van der Waals surface area contributed by atoms with Crippen LogP contribution in [0.15, 0.2) is 6.07 Å².